The zero-order chi connectivity index (χ0) is 24.7. The molecule has 0 saturated carbocycles. The number of ether oxygens (including phenoxy) is 1. The molecule has 0 bridgehead atoms. The lowest BCUT2D eigenvalue weighted by molar-refractivity contribution is -0.121. The van der Waals surface area contributed by atoms with Crippen molar-refractivity contribution in [2.45, 2.75) is 32.6 Å². The first-order chi connectivity index (χ1) is 16.2. The first-order valence-corrected chi connectivity index (χ1v) is 10.9. The molecule has 0 aliphatic carbocycles. The topological polar surface area (TPSA) is 96.5 Å². The molecule has 0 saturated heterocycles. The fraction of sp³-hybridized carbons (Fsp3) is 0.222. The zero-order valence-electron chi connectivity index (χ0n) is 19.8. The second kappa shape index (κ2) is 10.7. The molecule has 0 aliphatic rings. The van der Waals surface area contributed by atoms with E-state index in [1.54, 1.807) is 67.8 Å². The lowest BCUT2D eigenvalue weighted by Crippen LogP contribution is -2.42. The number of methoxy groups -OCH3 is 1. The molecule has 0 spiro atoms. The lowest BCUT2D eigenvalue weighted by atomic mass is 9.87. The zero-order valence-corrected chi connectivity index (χ0v) is 19.8. The number of hydrogen-bond acceptors (Lipinski definition) is 4. The van der Waals surface area contributed by atoms with E-state index < -0.39 is 5.91 Å². The average molecular weight is 460 g/mol. The van der Waals surface area contributed by atoms with E-state index in [4.69, 9.17) is 4.74 Å². The van der Waals surface area contributed by atoms with Gasteiger partial charge in [0.15, 0.2) is 0 Å². The predicted molar refractivity (Wildman–Crippen MR) is 132 cm³/mol. The van der Waals surface area contributed by atoms with Gasteiger partial charge in [0.05, 0.1) is 13.5 Å². The van der Waals surface area contributed by atoms with Crippen molar-refractivity contribution in [3.63, 3.8) is 0 Å². The van der Waals surface area contributed by atoms with Crippen molar-refractivity contribution >= 4 is 23.4 Å². The Balaban J connectivity index is 1.50. The minimum atomic E-state index is -0.460. The van der Waals surface area contributed by atoms with Crippen LogP contribution in [0.15, 0.2) is 72.8 Å². The largest absolute Gasteiger partial charge is 0.497 e. The molecule has 0 unspecified atom stereocenters. The van der Waals surface area contributed by atoms with Gasteiger partial charge >= 0.3 is 0 Å². The van der Waals surface area contributed by atoms with Crippen molar-refractivity contribution in [3.8, 4) is 5.75 Å². The number of rotatable bonds is 6. The van der Waals surface area contributed by atoms with Gasteiger partial charge in [-0.1, -0.05) is 45.0 Å². The molecule has 3 aromatic carbocycles. The summed E-state index contributed by atoms with van der Waals surface area (Å²) in [5, 5.41) is 2.82. The fourth-order valence-corrected chi connectivity index (χ4v) is 3.20. The van der Waals surface area contributed by atoms with Gasteiger partial charge in [0.1, 0.15) is 5.75 Å². The SMILES string of the molecule is COc1ccc(CC(=O)NNC(=O)c2ccc(NC(=O)c3ccc(C(C)(C)C)cc3)cc2)cc1. The highest BCUT2D eigenvalue weighted by molar-refractivity contribution is 6.04. The van der Waals surface area contributed by atoms with Crippen LogP contribution in [-0.4, -0.2) is 24.8 Å². The molecule has 0 atom stereocenters. The summed E-state index contributed by atoms with van der Waals surface area (Å²) < 4.78 is 5.09. The molecule has 0 aromatic heterocycles. The third kappa shape index (κ3) is 6.68. The summed E-state index contributed by atoms with van der Waals surface area (Å²) >= 11 is 0. The Bertz CT molecular complexity index is 1150. The lowest BCUT2D eigenvalue weighted by Gasteiger charge is -2.19. The second-order valence-electron chi connectivity index (χ2n) is 8.89. The molecule has 7 heteroatoms. The van der Waals surface area contributed by atoms with Crippen LogP contribution in [0.4, 0.5) is 5.69 Å². The van der Waals surface area contributed by atoms with Gasteiger partial charge in [0.2, 0.25) is 5.91 Å². The summed E-state index contributed by atoms with van der Waals surface area (Å²) in [4.78, 5) is 36.9. The molecule has 34 heavy (non-hydrogen) atoms. The first kappa shape index (κ1) is 24.5. The van der Waals surface area contributed by atoms with Crippen molar-refractivity contribution < 1.29 is 19.1 Å². The number of hydrogen-bond donors (Lipinski definition) is 3. The molecule has 0 aliphatic heterocycles. The van der Waals surface area contributed by atoms with Gasteiger partial charge in [-0.05, 0) is 65.1 Å². The molecular formula is C27H29N3O4. The Labute approximate surface area is 199 Å². The highest BCUT2D eigenvalue weighted by Gasteiger charge is 2.15. The Morgan fingerprint density at radius 2 is 1.29 bits per heavy atom. The summed E-state index contributed by atoms with van der Waals surface area (Å²) in [7, 11) is 1.57. The number of carbonyl (C=O) groups excluding carboxylic acids is 3. The summed E-state index contributed by atoms with van der Waals surface area (Å²) in [6, 6.07) is 21.0. The van der Waals surface area contributed by atoms with Gasteiger partial charge in [-0.2, -0.15) is 0 Å². The van der Waals surface area contributed by atoms with Crippen molar-refractivity contribution in [3.05, 3.63) is 95.1 Å². The van der Waals surface area contributed by atoms with Gasteiger partial charge in [-0.15, -0.1) is 0 Å². The van der Waals surface area contributed by atoms with Crippen LogP contribution >= 0.6 is 0 Å². The van der Waals surface area contributed by atoms with Crippen molar-refractivity contribution in [2.24, 2.45) is 0 Å². The molecule has 7 nitrogen and oxygen atoms in total. The van der Waals surface area contributed by atoms with E-state index in [1.165, 1.54) is 0 Å². The van der Waals surface area contributed by atoms with E-state index in [2.05, 4.69) is 36.9 Å². The van der Waals surface area contributed by atoms with Crippen LogP contribution in [0.2, 0.25) is 0 Å². The summed E-state index contributed by atoms with van der Waals surface area (Å²) in [6.45, 7) is 6.35. The van der Waals surface area contributed by atoms with Crippen LogP contribution in [0.5, 0.6) is 5.75 Å². The predicted octanol–water partition coefficient (Wildman–Crippen LogP) is 4.25. The van der Waals surface area contributed by atoms with Crippen LogP contribution in [0.3, 0.4) is 0 Å². The van der Waals surface area contributed by atoms with E-state index in [-0.39, 0.29) is 23.7 Å². The van der Waals surface area contributed by atoms with E-state index >= 15 is 0 Å². The molecule has 3 N–H and O–H groups in total. The number of anilines is 1. The molecule has 3 aromatic rings. The van der Waals surface area contributed by atoms with Crippen LogP contribution in [0, 0.1) is 0 Å². The number of amides is 3. The van der Waals surface area contributed by atoms with E-state index in [0.29, 0.717) is 22.6 Å². The molecule has 0 heterocycles. The maximum atomic E-state index is 12.5. The minimum absolute atomic E-state index is 0.0144. The monoisotopic (exact) mass is 459 g/mol. The molecule has 176 valence electrons. The molecule has 3 rings (SSSR count). The van der Waals surface area contributed by atoms with Gasteiger partial charge in [0.25, 0.3) is 11.8 Å². The quantitative estimate of drug-likeness (QED) is 0.480. The maximum absolute atomic E-state index is 12.5. The standard InChI is InChI=1S/C27H29N3O4/c1-27(2,3)21-11-7-19(8-12-21)25(32)28-22-13-9-20(10-14-22)26(33)30-29-24(31)17-18-5-15-23(34-4)16-6-18/h5-16H,17H2,1-4H3,(H,28,32)(H,29,31)(H,30,33). The summed E-state index contributed by atoms with van der Waals surface area (Å²) in [6.07, 6.45) is 0.117. The number of nitrogens with one attached hydrogen (secondary N) is 3. The summed E-state index contributed by atoms with van der Waals surface area (Å²) in [5.74, 6) is -0.336. The molecule has 0 radical (unpaired) electrons. The highest BCUT2D eigenvalue weighted by atomic mass is 16.5. The number of hydrazine groups is 1. The number of carbonyl (C=O) groups is 3. The van der Waals surface area contributed by atoms with Gasteiger partial charge < -0.3 is 10.1 Å². The maximum Gasteiger partial charge on any atom is 0.269 e. The molecular weight excluding hydrogens is 430 g/mol. The normalized spacial score (nSPS) is 10.8. The third-order valence-corrected chi connectivity index (χ3v) is 5.26. The number of benzene rings is 3. The van der Waals surface area contributed by atoms with Crippen molar-refractivity contribution in [1.82, 2.24) is 10.9 Å². The smallest absolute Gasteiger partial charge is 0.269 e. The van der Waals surface area contributed by atoms with E-state index in [0.717, 1.165) is 11.1 Å². The van der Waals surface area contributed by atoms with Gasteiger partial charge in [-0.3, -0.25) is 25.2 Å². The Hall–Kier alpha value is -4.13. The van der Waals surface area contributed by atoms with Crippen LogP contribution in [-0.2, 0) is 16.6 Å². The fourth-order valence-electron chi connectivity index (χ4n) is 3.20. The Morgan fingerprint density at radius 1 is 0.735 bits per heavy atom. The average Bonchev–Trinajstić information content (AvgIpc) is 2.83. The van der Waals surface area contributed by atoms with Crippen LogP contribution in [0.25, 0.3) is 0 Å². The minimum Gasteiger partial charge on any atom is -0.497 e. The Morgan fingerprint density at radius 3 is 1.85 bits per heavy atom. The third-order valence-electron chi connectivity index (χ3n) is 5.26. The van der Waals surface area contributed by atoms with Crippen molar-refractivity contribution in [2.75, 3.05) is 12.4 Å². The highest BCUT2D eigenvalue weighted by Crippen LogP contribution is 2.22. The van der Waals surface area contributed by atoms with E-state index in [1.807, 2.05) is 12.1 Å². The van der Waals surface area contributed by atoms with Crippen molar-refractivity contribution in [1.29, 1.82) is 0 Å². The first-order valence-electron chi connectivity index (χ1n) is 10.9. The van der Waals surface area contributed by atoms with E-state index in [9.17, 15) is 14.4 Å². The molecule has 0 fully saturated rings. The Kier molecular flexibility index (Phi) is 7.68. The van der Waals surface area contributed by atoms with Gasteiger partial charge in [-0.25, -0.2) is 0 Å². The second-order valence-corrected chi connectivity index (χ2v) is 8.89. The van der Waals surface area contributed by atoms with Crippen LogP contribution < -0.4 is 20.9 Å². The van der Waals surface area contributed by atoms with Gasteiger partial charge in [0, 0.05) is 16.8 Å². The van der Waals surface area contributed by atoms with Crippen LogP contribution in [0.1, 0.15) is 52.6 Å². The summed E-state index contributed by atoms with van der Waals surface area (Å²) in [5.41, 5.74) is 8.21. The molecule has 3 amide bonds.